The molecular formula is C16H22BrNO4. The zero-order valence-corrected chi connectivity index (χ0v) is 14.7. The van der Waals surface area contributed by atoms with Crippen LogP contribution >= 0.6 is 15.9 Å². The second-order valence-corrected chi connectivity index (χ2v) is 6.43. The molecule has 0 radical (unpaired) electrons. The van der Waals surface area contributed by atoms with Gasteiger partial charge in [-0.15, -0.1) is 0 Å². The molecule has 1 N–H and O–H groups in total. The van der Waals surface area contributed by atoms with Crippen LogP contribution in [0.15, 0.2) is 22.7 Å². The maximum atomic E-state index is 12.5. The molecule has 22 heavy (non-hydrogen) atoms. The van der Waals surface area contributed by atoms with Crippen molar-refractivity contribution in [3.8, 4) is 5.75 Å². The lowest BCUT2D eigenvalue weighted by Crippen LogP contribution is -2.37. The number of carboxylic acids is 1. The SMILES string of the molecule is COc1ccc(Br)cc1CC(=O)N(CCC(=O)O)CC(C)C. The minimum absolute atomic E-state index is 0.0475. The molecule has 1 amide bonds. The van der Waals surface area contributed by atoms with Crippen LogP contribution in [0.5, 0.6) is 5.75 Å². The van der Waals surface area contributed by atoms with Gasteiger partial charge in [0.2, 0.25) is 5.91 Å². The molecule has 0 heterocycles. The number of carbonyl (C=O) groups is 2. The van der Waals surface area contributed by atoms with Crippen molar-refractivity contribution in [2.75, 3.05) is 20.2 Å². The van der Waals surface area contributed by atoms with E-state index in [2.05, 4.69) is 15.9 Å². The third kappa shape index (κ3) is 6.05. The molecule has 6 heteroatoms. The first-order chi connectivity index (χ1) is 10.3. The van der Waals surface area contributed by atoms with Crippen LogP contribution in [0.2, 0.25) is 0 Å². The minimum Gasteiger partial charge on any atom is -0.496 e. The first-order valence-electron chi connectivity index (χ1n) is 7.15. The Bertz CT molecular complexity index is 531. The van der Waals surface area contributed by atoms with E-state index in [1.165, 1.54) is 0 Å². The van der Waals surface area contributed by atoms with Gasteiger partial charge in [0.15, 0.2) is 0 Å². The Morgan fingerprint density at radius 1 is 1.36 bits per heavy atom. The standard InChI is InChI=1S/C16H22BrNO4/c1-11(2)10-18(7-6-16(20)21)15(19)9-12-8-13(17)4-5-14(12)22-3/h4-5,8,11H,6-7,9-10H2,1-3H3,(H,20,21). The van der Waals surface area contributed by atoms with Gasteiger partial charge < -0.3 is 14.7 Å². The fraction of sp³-hybridized carbons (Fsp3) is 0.500. The normalized spacial score (nSPS) is 10.6. The first-order valence-corrected chi connectivity index (χ1v) is 7.94. The number of halogens is 1. The predicted molar refractivity (Wildman–Crippen MR) is 88.1 cm³/mol. The van der Waals surface area contributed by atoms with E-state index < -0.39 is 5.97 Å². The summed E-state index contributed by atoms with van der Waals surface area (Å²) in [5.74, 6) is -0.0608. The molecule has 122 valence electrons. The van der Waals surface area contributed by atoms with Gasteiger partial charge in [-0.1, -0.05) is 29.8 Å². The summed E-state index contributed by atoms with van der Waals surface area (Å²) in [6.07, 6.45) is 0.142. The Morgan fingerprint density at radius 2 is 2.05 bits per heavy atom. The third-order valence-corrected chi connectivity index (χ3v) is 3.61. The van der Waals surface area contributed by atoms with Gasteiger partial charge in [0, 0.05) is 23.1 Å². The van der Waals surface area contributed by atoms with Gasteiger partial charge in [-0.3, -0.25) is 9.59 Å². The van der Waals surface area contributed by atoms with Crippen molar-refractivity contribution in [1.82, 2.24) is 4.90 Å². The van der Waals surface area contributed by atoms with Crippen LogP contribution in [0.1, 0.15) is 25.8 Å². The molecule has 0 unspecified atom stereocenters. The first kappa shape index (κ1) is 18.5. The molecule has 0 aliphatic rings. The highest BCUT2D eigenvalue weighted by Crippen LogP contribution is 2.24. The number of nitrogens with zero attached hydrogens (tertiary/aromatic N) is 1. The molecule has 0 fully saturated rings. The number of aliphatic carboxylic acids is 1. The van der Waals surface area contributed by atoms with Crippen molar-refractivity contribution >= 4 is 27.8 Å². The molecule has 0 aliphatic carbocycles. The van der Waals surface area contributed by atoms with Gasteiger partial charge >= 0.3 is 5.97 Å². The van der Waals surface area contributed by atoms with Gasteiger partial charge in [-0.05, 0) is 24.1 Å². The molecule has 0 aliphatic heterocycles. The third-order valence-electron chi connectivity index (χ3n) is 3.12. The summed E-state index contributed by atoms with van der Waals surface area (Å²) in [6.45, 7) is 4.77. The fourth-order valence-electron chi connectivity index (χ4n) is 2.15. The Hall–Kier alpha value is -1.56. The van der Waals surface area contributed by atoms with Gasteiger partial charge in [-0.25, -0.2) is 0 Å². The summed E-state index contributed by atoms with van der Waals surface area (Å²) >= 11 is 3.38. The topological polar surface area (TPSA) is 66.8 Å². The molecule has 0 aromatic heterocycles. The molecule has 0 saturated heterocycles. The van der Waals surface area contributed by atoms with Crippen LogP contribution in [-0.2, 0) is 16.0 Å². The number of methoxy groups -OCH3 is 1. The highest BCUT2D eigenvalue weighted by atomic mass is 79.9. The number of amides is 1. The summed E-state index contributed by atoms with van der Waals surface area (Å²) in [5, 5.41) is 8.82. The molecule has 1 rings (SSSR count). The second-order valence-electron chi connectivity index (χ2n) is 5.51. The quantitative estimate of drug-likeness (QED) is 0.762. The van der Waals surface area contributed by atoms with Crippen molar-refractivity contribution in [2.24, 2.45) is 5.92 Å². The van der Waals surface area contributed by atoms with E-state index in [-0.39, 0.29) is 31.2 Å². The highest BCUT2D eigenvalue weighted by Gasteiger charge is 2.18. The van der Waals surface area contributed by atoms with E-state index >= 15 is 0 Å². The Kier molecular flexibility index (Phi) is 7.38. The number of hydrogen-bond acceptors (Lipinski definition) is 3. The summed E-state index contributed by atoms with van der Waals surface area (Å²) in [4.78, 5) is 24.9. The van der Waals surface area contributed by atoms with E-state index in [1.807, 2.05) is 26.0 Å². The van der Waals surface area contributed by atoms with Crippen molar-refractivity contribution in [2.45, 2.75) is 26.7 Å². The molecule has 0 saturated carbocycles. The van der Waals surface area contributed by atoms with Crippen molar-refractivity contribution in [3.63, 3.8) is 0 Å². The van der Waals surface area contributed by atoms with E-state index in [1.54, 1.807) is 18.1 Å². The van der Waals surface area contributed by atoms with Crippen LogP contribution in [0.3, 0.4) is 0 Å². The van der Waals surface area contributed by atoms with Crippen LogP contribution in [0, 0.1) is 5.92 Å². The lowest BCUT2D eigenvalue weighted by atomic mass is 10.1. The Morgan fingerprint density at radius 3 is 2.59 bits per heavy atom. The maximum absolute atomic E-state index is 12.5. The zero-order valence-electron chi connectivity index (χ0n) is 13.1. The molecule has 0 bridgehead atoms. The van der Waals surface area contributed by atoms with Crippen molar-refractivity contribution in [1.29, 1.82) is 0 Å². The summed E-state index contributed by atoms with van der Waals surface area (Å²) < 4.78 is 6.15. The van der Waals surface area contributed by atoms with Crippen LogP contribution in [0.25, 0.3) is 0 Å². The minimum atomic E-state index is -0.901. The fourth-order valence-corrected chi connectivity index (χ4v) is 2.56. The summed E-state index contributed by atoms with van der Waals surface area (Å²) in [7, 11) is 1.56. The van der Waals surface area contributed by atoms with Gasteiger partial charge in [0.1, 0.15) is 5.75 Å². The van der Waals surface area contributed by atoms with E-state index in [4.69, 9.17) is 9.84 Å². The Balaban J connectivity index is 2.85. The number of carboxylic acid groups (broad SMARTS) is 1. The number of ether oxygens (including phenoxy) is 1. The number of carbonyl (C=O) groups excluding carboxylic acids is 1. The van der Waals surface area contributed by atoms with Gasteiger partial charge in [-0.2, -0.15) is 0 Å². The lowest BCUT2D eigenvalue weighted by Gasteiger charge is -2.24. The molecule has 1 aromatic carbocycles. The van der Waals surface area contributed by atoms with Gasteiger partial charge in [0.25, 0.3) is 0 Å². The van der Waals surface area contributed by atoms with Crippen molar-refractivity contribution < 1.29 is 19.4 Å². The summed E-state index contributed by atoms with van der Waals surface area (Å²) in [6, 6.07) is 5.50. The Labute approximate surface area is 139 Å². The number of benzene rings is 1. The van der Waals surface area contributed by atoms with Crippen LogP contribution in [-0.4, -0.2) is 42.1 Å². The average molecular weight is 372 g/mol. The predicted octanol–water partition coefficient (Wildman–Crippen LogP) is 2.96. The maximum Gasteiger partial charge on any atom is 0.305 e. The molecule has 5 nitrogen and oxygen atoms in total. The summed E-state index contributed by atoms with van der Waals surface area (Å²) in [5.41, 5.74) is 0.783. The smallest absolute Gasteiger partial charge is 0.305 e. The number of hydrogen-bond donors (Lipinski definition) is 1. The van der Waals surface area contributed by atoms with Gasteiger partial charge in [0.05, 0.1) is 20.0 Å². The van der Waals surface area contributed by atoms with Crippen LogP contribution < -0.4 is 4.74 Å². The molecule has 0 spiro atoms. The molecule has 1 aromatic rings. The average Bonchev–Trinajstić information content (AvgIpc) is 2.43. The van der Waals surface area contributed by atoms with E-state index in [9.17, 15) is 9.59 Å². The highest BCUT2D eigenvalue weighted by molar-refractivity contribution is 9.10. The largest absolute Gasteiger partial charge is 0.496 e. The second kappa shape index (κ2) is 8.78. The van der Waals surface area contributed by atoms with Crippen molar-refractivity contribution in [3.05, 3.63) is 28.2 Å². The van der Waals surface area contributed by atoms with Crippen LogP contribution in [0.4, 0.5) is 0 Å². The molecule has 0 atom stereocenters. The molecular weight excluding hydrogens is 350 g/mol. The monoisotopic (exact) mass is 371 g/mol. The van der Waals surface area contributed by atoms with E-state index in [0.29, 0.717) is 12.3 Å². The lowest BCUT2D eigenvalue weighted by molar-refractivity contribution is -0.138. The van der Waals surface area contributed by atoms with E-state index in [0.717, 1.165) is 10.0 Å². The number of rotatable bonds is 8. The zero-order chi connectivity index (χ0) is 16.7.